The molecule has 2 amide bonds. The monoisotopic (exact) mass is 342 g/mol. The number of carbonyl (C=O) groups excluding carboxylic acids is 2. The molecule has 1 aliphatic rings. The second-order valence-corrected chi connectivity index (χ2v) is 6.51. The van der Waals surface area contributed by atoms with Crippen LogP contribution in [-0.4, -0.2) is 40.4 Å². The van der Waals surface area contributed by atoms with Gasteiger partial charge in [0, 0.05) is 30.9 Å². The second kappa shape index (κ2) is 6.92. The summed E-state index contributed by atoms with van der Waals surface area (Å²) in [7, 11) is 2.06. The molecule has 3 rings (SSSR count). The molecule has 0 fully saturated rings. The Balaban J connectivity index is 1.58. The van der Waals surface area contributed by atoms with E-state index in [9.17, 15) is 9.59 Å². The molecule has 0 radical (unpaired) electrons. The summed E-state index contributed by atoms with van der Waals surface area (Å²) in [5.41, 5.74) is 3.21. The third-order valence-corrected chi connectivity index (χ3v) is 4.11. The van der Waals surface area contributed by atoms with Crippen molar-refractivity contribution in [3.63, 3.8) is 0 Å². The lowest BCUT2D eigenvalue weighted by Gasteiger charge is -2.12. The average Bonchev–Trinajstić information content (AvgIpc) is 3.14. The number of carbonyl (C=O) groups is 2. The van der Waals surface area contributed by atoms with E-state index in [1.807, 2.05) is 18.2 Å². The van der Waals surface area contributed by atoms with E-state index in [1.54, 1.807) is 13.8 Å². The molecular weight excluding hydrogens is 320 g/mol. The first-order chi connectivity index (χ1) is 11.9. The zero-order chi connectivity index (χ0) is 18.0. The van der Waals surface area contributed by atoms with Crippen molar-refractivity contribution in [1.29, 1.82) is 0 Å². The lowest BCUT2D eigenvalue weighted by Crippen LogP contribution is -2.19. The van der Waals surface area contributed by atoms with E-state index in [0.29, 0.717) is 5.82 Å². The maximum atomic E-state index is 12.2. The lowest BCUT2D eigenvalue weighted by molar-refractivity contribution is -0.119. The Labute approximate surface area is 146 Å². The Kier molecular flexibility index (Phi) is 4.69. The van der Waals surface area contributed by atoms with Crippen LogP contribution in [0.5, 0.6) is 0 Å². The van der Waals surface area contributed by atoms with Crippen LogP contribution in [0.2, 0.25) is 0 Å². The van der Waals surface area contributed by atoms with Crippen LogP contribution < -0.4 is 15.5 Å². The molecular formula is C17H22N6O2. The Morgan fingerprint density at radius 1 is 1.28 bits per heavy atom. The molecule has 0 saturated heterocycles. The number of fused-ring (bicyclic) bond motifs is 1. The molecule has 0 atom stereocenters. The zero-order valence-corrected chi connectivity index (χ0v) is 14.6. The van der Waals surface area contributed by atoms with E-state index in [4.69, 9.17) is 0 Å². The molecule has 0 unspecified atom stereocenters. The molecule has 0 bridgehead atoms. The Morgan fingerprint density at radius 2 is 2.08 bits per heavy atom. The van der Waals surface area contributed by atoms with Crippen LogP contribution in [0.4, 0.5) is 17.2 Å². The fourth-order valence-corrected chi connectivity index (χ4v) is 2.70. The van der Waals surface area contributed by atoms with Crippen molar-refractivity contribution < 1.29 is 9.59 Å². The predicted molar refractivity (Wildman–Crippen MR) is 95.5 cm³/mol. The highest BCUT2D eigenvalue weighted by Gasteiger charge is 2.16. The van der Waals surface area contributed by atoms with Gasteiger partial charge in [0.2, 0.25) is 11.8 Å². The number of benzene rings is 1. The number of nitrogens with one attached hydrogen (secondary N) is 2. The maximum Gasteiger partial charge on any atom is 0.246 e. The molecule has 8 nitrogen and oxygen atoms in total. The van der Waals surface area contributed by atoms with E-state index in [2.05, 4.69) is 32.9 Å². The first kappa shape index (κ1) is 16.9. The van der Waals surface area contributed by atoms with Gasteiger partial charge < -0.3 is 15.5 Å². The lowest BCUT2D eigenvalue weighted by atomic mass is 10.1. The summed E-state index contributed by atoms with van der Waals surface area (Å²) >= 11 is 0. The van der Waals surface area contributed by atoms with Gasteiger partial charge >= 0.3 is 0 Å². The summed E-state index contributed by atoms with van der Waals surface area (Å²) in [6.07, 6.45) is 2.52. The van der Waals surface area contributed by atoms with Crippen LogP contribution in [0.15, 0.2) is 24.4 Å². The second-order valence-electron chi connectivity index (χ2n) is 6.51. The van der Waals surface area contributed by atoms with Crippen LogP contribution in [0.3, 0.4) is 0 Å². The highest BCUT2D eigenvalue weighted by atomic mass is 16.2. The van der Waals surface area contributed by atoms with Crippen molar-refractivity contribution >= 4 is 29.0 Å². The summed E-state index contributed by atoms with van der Waals surface area (Å²) in [6.45, 7) is 4.61. The summed E-state index contributed by atoms with van der Waals surface area (Å²) in [6, 6.07) is 5.92. The molecule has 2 N–H and O–H groups in total. The SMILES string of the molecule is CC(C)C(=O)Nc1cn(CC(=O)Nc2ccc3c(c2)CCN3C)nn1. The number of hydrogen-bond donors (Lipinski definition) is 2. The van der Waals surface area contributed by atoms with Crippen LogP contribution >= 0.6 is 0 Å². The minimum Gasteiger partial charge on any atom is -0.374 e. The minimum atomic E-state index is -0.196. The normalized spacial score (nSPS) is 13.0. The topological polar surface area (TPSA) is 92.2 Å². The van der Waals surface area contributed by atoms with Crippen LogP contribution in [0.25, 0.3) is 0 Å². The van der Waals surface area contributed by atoms with Gasteiger partial charge in [-0.05, 0) is 30.2 Å². The molecule has 1 aromatic heterocycles. The van der Waals surface area contributed by atoms with Crippen molar-refractivity contribution in [2.45, 2.75) is 26.8 Å². The standard InChI is InChI=1S/C17H22N6O2/c1-11(2)17(25)19-15-9-23(21-20-15)10-16(24)18-13-4-5-14-12(8-13)6-7-22(14)3/h4-5,8-9,11H,6-7,10H2,1-3H3,(H,18,24)(H,19,25). The first-order valence-electron chi connectivity index (χ1n) is 8.27. The summed E-state index contributed by atoms with van der Waals surface area (Å²) in [5.74, 6) is -0.142. The van der Waals surface area contributed by atoms with E-state index in [0.717, 1.165) is 18.7 Å². The number of likely N-dealkylation sites (N-methyl/N-ethyl adjacent to an activating group) is 1. The van der Waals surface area contributed by atoms with E-state index < -0.39 is 0 Å². The number of nitrogens with zero attached hydrogens (tertiary/aromatic N) is 4. The Bertz CT molecular complexity index is 798. The van der Waals surface area contributed by atoms with Crippen molar-refractivity contribution in [2.75, 3.05) is 29.1 Å². The number of amides is 2. The van der Waals surface area contributed by atoms with Gasteiger partial charge in [0.15, 0.2) is 5.82 Å². The molecule has 8 heteroatoms. The molecule has 132 valence electrons. The van der Waals surface area contributed by atoms with Gasteiger partial charge in [-0.3, -0.25) is 9.59 Å². The summed E-state index contributed by atoms with van der Waals surface area (Å²) < 4.78 is 1.40. The first-order valence-corrected chi connectivity index (χ1v) is 8.27. The third kappa shape index (κ3) is 3.96. The number of aromatic nitrogens is 3. The minimum absolute atomic E-state index is 0.0293. The molecule has 0 spiro atoms. The molecule has 0 saturated carbocycles. The third-order valence-electron chi connectivity index (χ3n) is 4.11. The van der Waals surface area contributed by atoms with Crippen molar-refractivity contribution in [3.8, 4) is 0 Å². The van der Waals surface area contributed by atoms with Gasteiger partial charge in [0.05, 0.1) is 6.20 Å². The van der Waals surface area contributed by atoms with E-state index in [-0.39, 0.29) is 24.3 Å². The molecule has 0 aliphatic carbocycles. The van der Waals surface area contributed by atoms with Gasteiger partial charge in [-0.15, -0.1) is 5.10 Å². The van der Waals surface area contributed by atoms with Crippen molar-refractivity contribution in [3.05, 3.63) is 30.0 Å². The summed E-state index contributed by atoms with van der Waals surface area (Å²) in [4.78, 5) is 26.0. The fourth-order valence-electron chi connectivity index (χ4n) is 2.70. The van der Waals surface area contributed by atoms with Crippen LogP contribution in [0.1, 0.15) is 19.4 Å². The quantitative estimate of drug-likeness (QED) is 0.859. The van der Waals surface area contributed by atoms with Gasteiger partial charge in [-0.25, -0.2) is 4.68 Å². The fraction of sp³-hybridized carbons (Fsp3) is 0.412. The van der Waals surface area contributed by atoms with E-state index >= 15 is 0 Å². The highest BCUT2D eigenvalue weighted by Crippen LogP contribution is 2.29. The average molecular weight is 342 g/mol. The molecule has 1 aliphatic heterocycles. The number of anilines is 3. The van der Waals surface area contributed by atoms with Crippen molar-refractivity contribution in [2.24, 2.45) is 5.92 Å². The maximum absolute atomic E-state index is 12.2. The van der Waals surface area contributed by atoms with Gasteiger partial charge in [-0.2, -0.15) is 0 Å². The molecule has 2 aromatic rings. The number of hydrogen-bond acceptors (Lipinski definition) is 5. The van der Waals surface area contributed by atoms with E-state index in [1.165, 1.54) is 22.1 Å². The summed E-state index contributed by atoms with van der Waals surface area (Å²) in [5, 5.41) is 13.2. The molecule has 1 aromatic carbocycles. The van der Waals surface area contributed by atoms with Crippen LogP contribution in [-0.2, 0) is 22.6 Å². The largest absolute Gasteiger partial charge is 0.374 e. The molecule has 2 heterocycles. The number of rotatable bonds is 5. The van der Waals surface area contributed by atoms with Gasteiger partial charge in [0.25, 0.3) is 0 Å². The Morgan fingerprint density at radius 3 is 2.84 bits per heavy atom. The van der Waals surface area contributed by atoms with Gasteiger partial charge in [0.1, 0.15) is 6.54 Å². The molecule has 25 heavy (non-hydrogen) atoms. The van der Waals surface area contributed by atoms with Crippen LogP contribution in [0, 0.1) is 5.92 Å². The predicted octanol–water partition coefficient (Wildman–Crippen LogP) is 1.50. The van der Waals surface area contributed by atoms with Crippen molar-refractivity contribution in [1.82, 2.24) is 15.0 Å². The smallest absolute Gasteiger partial charge is 0.246 e. The van der Waals surface area contributed by atoms with Gasteiger partial charge in [-0.1, -0.05) is 19.1 Å². The highest BCUT2D eigenvalue weighted by molar-refractivity contribution is 5.92. The Hall–Kier alpha value is -2.90. The zero-order valence-electron chi connectivity index (χ0n) is 14.6.